The summed E-state index contributed by atoms with van der Waals surface area (Å²) < 4.78 is 26.5. The van der Waals surface area contributed by atoms with Crippen LogP contribution in [0.3, 0.4) is 0 Å². The minimum absolute atomic E-state index is 0.174. The normalized spacial score (nSPS) is 12.1. The molecule has 0 radical (unpaired) electrons. The van der Waals surface area contributed by atoms with Crippen LogP contribution >= 0.6 is 23.2 Å². The highest BCUT2D eigenvalue weighted by molar-refractivity contribution is 7.89. The van der Waals surface area contributed by atoms with Crippen molar-refractivity contribution in [2.24, 2.45) is 5.92 Å². The van der Waals surface area contributed by atoms with Crippen molar-refractivity contribution in [1.29, 1.82) is 0 Å². The quantitative estimate of drug-likeness (QED) is 0.927. The summed E-state index contributed by atoms with van der Waals surface area (Å²) in [5.41, 5.74) is 0.579. The van der Waals surface area contributed by atoms with Gasteiger partial charge in [0, 0.05) is 6.54 Å². The first kappa shape index (κ1) is 14.8. The Kier molecular flexibility index (Phi) is 4.84. The average molecular weight is 296 g/mol. The van der Waals surface area contributed by atoms with E-state index in [0.717, 1.165) is 0 Å². The highest BCUT2D eigenvalue weighted by atomic mass is 35.5. The summed E-state index contributed by atoms with van der Waals surface area (Å²) >= 11 is 11.6. The predicted molar refractivity (Wildman–Crippen MR) is 71.2 cm³/mol. The lowest BCUT2D eigenvalue weighted by molar-refractivity contribution is 0.559. The fourth-order valence-corrected chi connectivity index (χ4v) is 3.18. The van der Waals surface area contributed by atoms with E-state index < -0.39 is 10.0 Å². The highest BCUT2D eigenvalue weighted by Crippen LogP contribution is 2.28. The lowest BCUT2D eigenvalue weighted by Crippen LogP contribution is -2.28. The summed E-state index contributed by atoms with van der Waals surface area (Å²) in [5.74, 6) is 0.243. The Bertz CT molecular complexity index is 512. The molecule has 1 aromatic rings. The van der Waals surface area contributed by atoms with Gasteiger partial charge in [-0.1, -0.05) is 37.0 Å². The third-order valence-electron chi connectivity index (χ3n) is 2.19. The van der Waals surface area contributed by atoms with E-state index in [2.05, 4.69) is 4.72 Å². The highest BCUT2D eigenvalue weighted by Gasteiger charge is 2.18. The number of rotatable bonds is 4. The molecule has 96 valence electrons. The maximum Gasteiger partial charge on any atom is 0.240 e. The molecule has 0 aliphatic carbocycles. The van der Waals surface area contributed by atoms with Crippen molar-refractivity contribution in [2.75, 3.05) is 6.54 Å². The van der Waals surface area contributed by atoms with Gasteiger partial charge in [0.25, 0.3) is 0 Å². The van der Waals surface area contributed by atoms with Gasteiger partial charge in [-0.05, 0) is 30.5 Å². The number of halogens is 2. The molecule has 0 fully saturated rings. The third-order valence-corrected chi connectivity index (χ3v) is 4.48. The second-order valence-electron chi connectivity index (χ2n) is 4.28. The van der Waals surface area contributed by atoms with Gasteiger partial charge in [0.1, 0.15) is 0 Å². The number of hydrogen-bond donors (Lipinski definition) is 1. The molecule has 0 aliphatic rings. The molecule has 0 heterocycles. The van der Waals surface area contributed by atoms with Crippen LogP contribution in [-0.4, -0.2) is 15.0 Å². The van der Waals surface area contributed by atoms with E-state index >= 15 is 0 Å². The van der Waals surface area contributed by atoms with Crippen molar-refractivity contribution < 1.29 is 8.42 Å². The van der Waals surface area contributed by atoms with E-state index in [1.54, 1.807) is 13.0 Å². The van der Waals surface area contributed by atoms with E-state index in [1.165, 1.54) is 6.07 Å². The van der Waals surface area contributed by atoms with Crippen molar-refractivity contribution in [3.63, 3.8) is 0 Å². The Hall–Kier alpha value is -0.290. The lowest BCUT2D eigenvalue weighted by Gasteiger charge is -2.11. The standard InChI is InChI=1S/C11H15Cl2NO2S/c1-7(2)6-14-17(15,16)11-5-10(13)9(12)4-8(11)3/h4-5,7,14H,6H2,1-3H3. The van der Waals surface area contributed by atoms with Crippen LogP contribution in [0.2, 0.25) is 10.0 Å². The predicted octanol–water partition coefficient (Wildman–Crippen LogP) is 3.24. The molecule has 1 aromatic carbocycles. The number of nitrogens with one attached hydrogen (secondary N) is 1. The molecule has 0 saturated carbocycles. The summed E-state index contributed by atoms with van der Waals surface area (Å²) in [4.78, 5) is 0.174. The van der Waals surface area contributed by atoms with Gasteiger partial charge in [0.2, 0.25) is 10.0 Å². The number of benzene rings is 1. The zero-order valence-electron chi connectivity index (χ0n) is 9.92. The summed E-state index contributed by atoms with van der Waals surface area (Å²) in [6.07, 6.45) is 0. The molecule has 0 atom stereocenters. The van der Waals surface area contributed by atoms with Crippen LogP contribution < -0.4 is 4.72 Å². The fourth-order valence-electron chi connectivity index (χ4n) is 1.27. The molecule has 0 amide bonds. The smallest absolute Gasteiger partial charge is 0.211 e. The Morgan fingerprint density at radius 1 is 1.24 bits per heavy atom. The van der Waals surface area contributed by atoms with Crippen LogP contribution in [0.1, 0.15) is 19.4 Å². The monoisotopic (exact) mass is 295 g/mol. The minimum Gasteiger partial charge on any atom is -0.211 e. The van der Waals surface area contributed by atoms with Crippen molar-refractivity contribution in [1.82, 2.24) is 4.72 Å². The fraction of sp³-hybridized carbons (Fsp3) is 0.455. The molecule has 0 saturated heterocycles. The van der Waals surface area contributed by atoms with E-state index in [-0.39, 0.29) is 15.8 Å². The first-order valence-corrected chi connectivity index (χ1v) is 7.43. The van der Waals surface area contributed by atoms with Crippen molar-refractivity contribution in [3.8, 4) is 0 Å². The van der Waals surface area contributed by atoms with Crippen LogP contribution in [0.4, 0.5) is 0 Å². The van der Waals surface area contributed by atoms with Crippen LogP contribution in [0, 0.1) is 12.8 Å². The molecule has 1 rings (SSSR count). The summed E-state index contributed by atoms with van der Waals surface area (Å²) in [6, 6.07) is 2.93. The van der Waals surface area contributed by atoms with Gasteiger partial charge in [-0.25, -0.2) is 13.1 Å². The number of aryl methyl sites for hydroxylation is 1. The van der Waals surface area contributed by atoms with E-state index in [1.807, 2.05) is 13.8 Å². The Morgan fingerprint density at radius 3 is 2.29 bits per heavy atom. The molecular formula is C11H15Cl2NO2S. The second kappa shape index (κ2) is 5.57. The molecule has 0 spiro atoms. The topological polar surface area (TPSA) is 46.2 Å². The first-order valence-electron chi connectivity index (χ1n) is 5.19. The van der Waals surface area contributed by atoms with E-state index in [4.69, 9.17) is 23.2 Å². The Morgan fingerprint density at radius 2 is 1.76 bits per heavy atom. The molecule has 17 heavy (non-hydrogen) atoms. The molecule has 1 N–H and O–H groups in total. The van der Waals surface area contributed by atoms with Gasteiger partial charge in [-0.15, -0.1) is 0 Å². The van der Waals surface area contributed by atoms with Crippen LogP contribution in [0.25, 0.3) is 0 Å². The molecule has 0 aliphatic heterocycles. The van der Waals surface area contributed by atoms with Crippen molar-refractivity contribution in [2.45, 2.75) is 25.7 Å². The zero-order chi connectivity index (χ0) is 13.2. The minimum atomic E-state index is -3.52. The van der Waals surface area contributed by atoms with Gasteiger partial charge >= 0.3 is 0 Å². The van der Waals surface area contributed by atoms with Crippen LogP contribution in [0.15, 0.2) is 17.0 Å². The molecule has 6 heteroatoms. The molecule has 0 bridgehead atoms. The Labute approximate surface area is 112 Å². The largest absolute Gasteiger partial charge is 0.240 e. The van der Waals surface area contributed by atoms with Gasteiger partial charge in [-0.2, -0.15) is 0 Å². The maximum atomic E-state index is 12.0. The Balaban J connectivity index is 3.11. The molecule has 0 unspecified atom stereocenters. The van der Waals surface area contributed by atoms with Gasteiger partial charge in [0.05, 0.1) is 14.9 Å². The second-order valence-corrected chi connectivity index (χ2v) is 6.83. The van der Waals surface area contributed by atoms with E-state index in [9.17, 15) is 8.42 Å². The molecule has 3 nitrogen and oxygen atoms in total. The van der Waals surface area contributed by atoms with Gasteiger partial charge < -0.3 is 0 Å². The van der Waals surface area contributed by atoms with Crippen molar-refractivity contribution >= 4 is 33.2 Å². The van der Waals surface area contributed by atoms with Crippen LogP contribution in [0.5, 0.6) is 0 Å². The number of sulfonamides is 1. The summed E-state index contributed by atoms with van der Waals surface area (Å²) in [7, 11) is -3.52. The maximum absolute atomic E-state index is 12.0. The van der Waals surface area contributed by atoms with Crippen LogP contribution in [-0.2, 0) is 10.0 Å². The SMILES string of the molecule is Cc1cc(Cl)c(Cl)cc1S(=O)(=O)NCC(C)C. The summed E-state index contributed by atoms with van der Waals surface area (Å²) in [6.45, 7) is 5.95. The zero-order valence-corrected chi connectivity index (χ0v) is 12.2. The average Bonchev–Trinajstić information content (AvgIpc) is 2.20. The lowest BCUT2D eigenvalue weighted by atomic mass is 10.2. The summed E-state index contributed by atoms with van der Waals surface area (Å²) in [5, 5.41) is 0.592. The third kappa shape index (κ3) is 3.85. The molecular weight excluding hydrogens is 281 g/mol. The van der Waals surface area contributed by atoms with Crippen molar-refractivity contribution in [3.05, 3.63) is 27.7 Å². The van der Waals surface area contributed by atoms with Gasteiger partial charge in [0.15, 0.2) is 0 Å². The molecule has 0 aromatic heterocycles. The first-order chi connectivity index (χ1) is 7.74. The number of hydrogen-bond acceptors (Lipinski definition) is 2. The van der Waals surface area contributed by atoms with Gasteiger partial charge in [-0.3, -0.25) is 0 Å². The van der Waals surface area contributed by atoms with E-state index in [0.29, 0.717) is 17.1 Å².